The van der Waals surface area contributed by atoms with E-state index in [0.29, 0.717) is 17.8 Å². The van der Waals surface area contributed by atoms with Crippen molar-refractivity contribution in [3.05, 3.63) is 71.4 Å². The molecule has 0 aliphatic heterocycles. The molecule has 0 saturated carbocycles. The average molecular weight is 405 g/mol. The van der Waals surface area contributed by atoms with Crippen LogP contribution >= 0.6 is 0 Å². The second-order valence-electron chi connectivity index (χ2n) is 8.36. The summed E-state index contributed by atoms with van der Waals surface area (Å²) in [6, 6.07) is 17.3. The summed E-state index contributed by atoms with van der Waals surface area (Å²) in [5.41, 5.74) is 4.43. The third kappa shape index (κ3) is 4.95. The van der Waals surface area contributed by atoms with Crippen molar-refractivity contribution in [2.75, 3.05) is 5.32 Å². The molecule has 0 saturated heterocycles. The van der Waals surface area contributed by atoms with Gasteiger partial charge < -0.3 is 10.4 Å². The molecule has 3 rings (SSSR count). The van der Waals surface area contributed by atoms with Crippen LogP contribution in [0.3, 0.4) is 0 Å². The number of carbonyl (C=O) groups is 2. The first-order valence-corrected chi connectivity index (χ1v) is 9.94. The summed E-state index contributed by atoms with van der Waals surface area (Å²) in [6.45, 7) is 8.04. The van der Waals surface area contributed by atoms with E-state index < -0.39 is 5.97 Å². The monoisotopic (exact) mass is 405 g/mol. The highest BCUT2D eigenvalue weighted by atomic mass is 16.4. The Morgan fingerprint density at radius 1 is 1.07 bits per heavy atom. The predicted molar refractivity (Wildman–Crippen MR) is 118 cm³/mol. The van der Waals surface area contributed by atoms with Crippen LogP contribution in [0, 0.1) is 6.92 Å². The van der Waals surface area contributed by atoms with Crippen molar-refractivity contribution >= 4 is 17.6 Å². The number of aromatic nitrogens is 2. The fourth-order valence-electron chi connectivity index (χ4n) is 3.28. The number of aryl methyl sites for hydroxylation is 2. The van der Waals surface area contributed by atoms with Crippen LogP contribution in [0.2, 0.25) is 0 Å². The van der Waals surface area contributed by atoms with Crippen LogP contribution in [-0.4, -0.2) is 26.8 Å². The van der Waals surface area contributed by atoms with Crippen molar-refractivity contribution in [1.29, 1.82) is 0 Å². The van der Waals surface area contributed by atoms with Gasteiger partial charge in [-0.25, -0.2) is 0 Å². The van der Waals surface area contributed by atoms with E-state index in [-0.39, 0.29) is 17.9 Å². The molecule has 0 aliphatic carbocycles. The van der Waals surface area contributed by atoms with Gasteiger partial charge in [0.25, 0.3) is 5.91 Å². The molecule has 0 aliphatic rings. The van der Waals surface area contributed by atoms with E-state index >= 15 is 0 Å². The van der Waals surface area contributed by atoms with Gasteiger partial charge in [0.15, 0.2) is 5.69 Å². The zero-order valence-electron chi connectivity index (χ0n) is 17.8. The van der Waals surface area contributed by atoms with E-state index in [9.17, 15) is 9.59 Å². The largest absolute Gasteiger partial charge is 0.481 e. The molecule has 0 fully saturated rings. The Bertz CT molecular complexity index is 1060. The second kappa shape index (κ2) is 8.53. The molecule has 1 aromatic heterocycles. The van der Waals surface area contributed by atoms with Gasteiger partial charge in [0.05, 0.1) is 11.2 Å². The number of hydrogen-bond acceptors (Lipinski definition) is 3. The normalized spacial score (nSPS) is 11.3. The molecule has 1 heterocycles. The molecule has 0 bridgehead atoms. The number of benzene rings is 2. The zero-order valence-corrected chi connectivity index (χ0v) is 17.8. The lowest BCUT2D eigenvalue weighted by atomic mass is 10.1. The van der Waals surface area contributed by atoms with E-state index in [1.54, 1.807) is 0 Å². The Balaban J connectivity index is 1.85. The molecule has 0 radical (unpaired) electrons. The first-order chi connectivity index (χ1) is 14.1. The lowest BCUT2D eigenvalue weighted by molar-refractivity contribution is -0.136. The molecular weight excluding hydrogens is 378 g/mol. The molecule has 156 valence electrons. The Hall–Kier alpha value is -3.41. The minimum Gasteiger partial charge on any atom is -0.481 e. The van der Waals surface area contributed by atoms with Crippen LogP contribution in [0.4, 0.5) is 5.69 Å². The highest BCUT2D eigenvalue weighted by Gasteiger charge is 2.23. The molecule has 30 heavy (non-hydrogen) atoms. The number of nitrogens with one attached hydrogen (secondary N) is 1. The van der Waals surface area contributed by atoms with Crippen LogP contribution in [0.1, 0.15) is 48.8 Å². The molecule has 3 aromatic rings. The highest BCUT2D eigenvalue weighted by molar-refractivity contribution is 6.04. The lowest BCUT2D eigenvalue weighted by Gasteiger charge is -2.22. The van der Waals surface area contributed by atoms with Crippen molar-refractivity contribution in [3.8, 4) is 11.3 Å². The second-order valence-corrected chi connectivity index (χ2v) is 8.36. The summed E-state index contributed by atoms with van der Waals surface area (Å²) in [5, 5.41) is 16.4. The first kappa shape index (κ1) is 21.3. The van der Waals surface area contributed by atoms with Crippen molar-refractivity contribution in [3.63, 3.8) is 0 Å². The Morgan fingerprint density at radius 3 is 2.37 bits per heavy atom. The van der Waals surface area contributed by atoms with Gasteiger partial charge >= 0.3 is 5.97 Å². The fourth-order valence-corrected chi connectivity index (χ4v) is 3.28. The van der Waals surface area contributed by atoms with Crippen LogP contribution in [-0.2, 0) is 16.8 Å². The molecule has 2 aromatic carbocycles. The van der Waals surface area contributed by atoms with Crippen LogP contribution < -0.4 is 5.32 Å². The number of anilines is 1. The van der Waals surface area contributed by atoms with Gasteiger partial charge in [-0.05, 0) is 62.9 Å². The van der Waals surface area contributed by atoms with E-state index in [0.717, 1.165) is 22.4 Å². The number of nitrogens with zero attached hydrogens (tertiary/aromatic N) is 2. The number of amides is 1. The predicted octanol–water partition coefficient (Wildman–Crippen LogP) is 4.88. The average Bonchev–Trinajstić information content (AvgIpc) is 3.15. The lowest BCUT2D eigenvalue weighted by Crippen LogP contribution is -2.25. The fraction of sp³-hybridized carbons (Fsp3) is 0.292. The standard InChI is InChI=1S/C24H27N3O3/c1-16-14-17(11-13-22(28)29)10-12-19(16)25-23(30)20-15-21(18-8-6-5-7-9-18)27(26-20)24(2,3)4/h5-10,12,14-15H,11,13H2,1-4H3,(H,25,30)(H,28,29). The summed E-state index contributed by atoms with van der Waals surface area (Å²) in [5.74, 6) is -1.11. The zero-order chi connectivity index (χ0) is 21.9. The van der Waals surface area contributed by atoms with Gasteiger partial charge in [0.2, 0.25) is 0 Å². The highest BCUT2D eigenvalue weighted by Crippen LogP contribution is 2.27. The molecule has 0 unspecified atom stereocenters. The molecular formula is C24H27N3O3. The van der Waals surface area contributed by atoms with E-state index in [2.05, 4.69) is 10.4 Å². The van der Waals surface area contributed by atoms with Crippen molar-refractivity contribution < 1.29 is 14.7 Å². The summed E-state index contributed by atoms with van der Waals surface area (Å²) < 4.78 is 1.87. The van der Waals surface area contributed by atoms with Crippen molar-refractivity contribution in [2.45, 2.75) is 46.1 Å². The van der Waals surface area contributed by atoms with Gasteiger partial charge in [-0.3, -0.25) is 14.3 Å². The maximum Gasteiger partial charge on any atom is 0.303 e. The van der Waals surface area contributed by atoms with Gasteiger partial charge in [-0.2, -0.15) is 5.10 Å². The number of rotatable bonds is 6. The SMILES string of the molecule is Cc1cc(CCC(=O)O)ccc1NC(=O)c1cc(-c2ccccc2)n(C(C)(C)C)n1. The van der Waals surface area contributed by atoms with Gasteiger partial charge in [0.1, 0.15) is 0 Å². The van der Waals surface area contributed by atoms with Gasteiger partial charge in [-0.1, -0.05) is 42.5 Å². The van der Waals surface area contributed by atoms with Crippen LogP contribution in [0.15, 0.2) is 54.6 Å². The number of aliphatic carboxylic acids is 1. The van der Waals surface area contributed by atoms with E-state index in [1.807, 2.05) is 87.0 Å². The summed E-state index contributed by atoms with van der Waals surface area (Å²) in [7, 11) is 0. The van der Waals surface area contributed by atoms with E-state index in [4.69, 9.17) is 5.11 Å². The number of hydrogen-bond donors (Lipinski definition) is 2. The Labute approximate surface area is 176 Å². The molecule has 1 amide bonds. The third-order valence-corrected chi connectivity index (χ3v) is 4.81. The number of carboxylic acids is 1. The quantitative estimate of drug-likeness (QED) is 0.612. The number of carbonyl (C=O) groups excluding carboxylic acids is 1. The molecule has 6 nitrogen and oxygen atoms in total. The Morgan fingerprint density at radius 2 is 1.77 bits per heavy atom. The molecule has 2 N–H and O–H groups in total. The third-order valence-electron chi connectivity index (χ3n) is 4.81. The minimum atomic E-state index is -0.825. The smallest absolute Gasteiger partial charge is 0.303 e. The van der Waals surface area contributed by atoms with Gasteiger partial charge in [-0.15, -0.1) is 0 Å². The number of carboxylic acid groups (broad SMARTS) is 1. The maximum absolute atomic E-state index is 12.9. The van der Waals surface area contributed by atoms with Crippen molar-refractivity contribution in [1.82, 2.24) is 9.78 Å². The summed E-state index contributed by atoms with van der Waals surface area (Å²) in [4.78, 5) is 23.7. The van der Waals surface area contributed by atoms with Gasteiger partial charge in [0, 0.05) is 12.1 Å². The Kier molecular flexibility index (Phi) is 6.06. The summed E-state index contributed by atoms with van der Waals surface area (Å²) >= 11 is 0. The summed E-state index contributed by atoms with van der Waals surface area (Å²) in [6.07, 6.45) is 0.540. The molecule has 0 spiro atoms. The van der Waals surface area contributed by atoms with E-state index in [1.165, 1.54) is 0 Å². The first-order valence-electron chi connectivity index (χ1n) is 9.94. The maximum atomic E-state index is 12.9. The van der Waals surface area contributed by atoms with Crippen LogP contribution in [0.5, 0.6) is 0 Å². The van der Waals surface area contributed by atoms with Crippen LogP contribution in [0.25, 0.3) is 11.3 Å². The van der Waals surface area contributed by atoms with Crippen molar-refractivity contribution in [2.24, 2.45) is 0 Å². The topological polar surface area (TPSA) is 84.2 Å². The minimum absolute atomic E-state index is 0.0810. The molecule has 0 atom stereocenters. The molecule has 6 heteroatoms.